The Balaban J connectivity index is 1.26. The number of hydrogen-bond acceptors (Lipinski definition) is 6. The van der Waals surface area contributed by atoms with Gasteiger partial charge in [-0.1, -0.05) is 59.3 Å². The molecule has 1 aromatic rings. The first kappa shape index (κ1) is 32.6. The van der Waals surface area contributed by atoms with Crippen molar-refractivity contribution in [1.82, 2.24) is 0 Å². The maximum absolute atomic E-state index is 13.0. The molecule has 0 aromatic heterocycles. The van der Waals surface area contributed by atoms with Crippen molar-refractivity contribution in [2.24, 2.45) is 50.2 Å². The molecule has 0 radical (unpaired) electrons. The maximum atomic E-state index is 13.0. The summed E-state index contributed by atoms with van der Waals surface area (Å²) in [6, 6.07) is 4.41. The standard InChI is InChI=1S/C39H56O6/c1-34(2)17-19-39(24-41)20-18-37(5)26(27(39)22-34)9-11-31-35(3)15-14-32(36(4,23-40)30(35)13-16-38(31,37)6)45-33(44)12-8-25-7-10-28(42)29(43)21-25/h7-10,12,21,27,30-32,40-43H,11,13-20,22-24H2,1-6H3/b12-8+. The molecule has 6 rings (SSSR count). The Morgan fingerprint density at radius 2 is 1.62 bits per heavy atom. The Bertz CT molecular complexity index is 1400. The summed E-state index contributed by atoms with van der Waals surface area (Å²) in [6.07, 6.45) is 15.7. The van der Waals surface area contributed by atoms with E-state index in [1.807, 2.05) is 0 Å². The zero-order valence-electron chi connectivity index (χ0n) is 28.4. The molecule has 1 aromatic carbocycles. The lowest BCUT2D eigenvalue weighted by Crippen LogP contribution is -2.66. The van der Waals surface area contributed by atoms with E-state index in [-0.39, 0.29) is 51.8 Å². The van der Waals surface area contributed by atoms with Gasteiger partial charge in [0.2, 0.25) is 0 Å². The van der Waals surface area contributed by atoms with Gasteiger partial charge in [-0.25, -0.2) is 4.79 Å². The molecule has 9 atom stereocenters. The fourth-order valence-electron chi connectivity index (χ4n) is 11.8. The minimum Gasteiger partial charge on any atom is -0.504 e. The van der Waals surface area contributed by atoms with E-state index in [2.05, 4.69) is 47.6 Å². The smallest absolute Gasteiger partial charge is 0.331 e. The van der Waals surface area contributed by atoms with E-state index >= 15 is 0 Å². The number of carbonyl (C=O) groups excluding carboxylic acids is 1. The molecular formula is C39H56O6. The predicted molar refractivity (Wildman–Crippen MR) is 176 cm³/mol. The van der Waals surface area contributed by atoms with Gasteiger partial charge in [-0.2, -0.15) is 0 Å². The molecule has 0 bridgehead atoms. The molecule has 5 aliphatic rings. The minimum absolute atomic E-state index is 0.00911. The average Bonchev–Trinajstić information content (AvgIpc) is 2.99. The summed E-state index contributed by atoms with van der Waals surface area (Å²) in [7, 11) is 0. The van der Waals surface area contributed by atoms with Gasteiger partial charge in [-0.3, -0.25) is 0 Å². The van der Waals surface area contributed by atoms with Crippen LogP contribution in [-0.2, 0) is 9.53 Å². The number of phenolic OH excluding ortho intramolecular Hbond substituents is 2. The second kappa shape index (κ2) is 10.9. The van der Waals surface area contributed by atoms with Crippen LogP contribution in [0.25, 0.3) is 6.08 Å². The molecule has 6 heteroatoms. The Kier molecular flexibility index (Phi) is 7.88. The third-order valence-corrected chi connectivity index (χ3v) is 14.9. The van der Waals surface area contributed by atoms with E-state index in [0.29, 0.717) is 35.8 Å². The number of aromatic hydroxyl groups is 2. The summed E-state index contributed by atoms with van der Waals surface area (Å²) in [5.74, 6) is 0.242. The molecular weight excluding hydrogens is 564 g/mol. The van der Waals surface area contributed by atoms with Gasteiger partial charge in [0.05, 0.1) is 6.61 Å². The SMILES string of the molecule is CC1(C)CCC2(CO)CCC3(C)C(=CCC4C5(C)CCC(OC(=O)/C=C/c6ccc(O)c(O)c6)C(C)(CO)C5CCC43C)C2C1. The number of phenols is 2. The van der Waals surface area contributed by atoms with E-state index < -0.39 is 11.4 Å². The molecule has 0 heterocycles. The first-order valence-corrected chi connectivity index (χ1v) is 17.4. The first-order valence-electron chi connectivity index (χ1n) is 17.4. The fourth-order valence-corrected chi connectivity index (χ4v) is 11.8. The number of rotatable bonds is 5. The van der Waals surface area contributed by atoms with Crippen LogP contribution in [0.4, 0.5) is 0 Å². The summed E-state index contributed by atoms with van der Waals surface area (Å²) < 4.78 is 6.10. The quantitative estimate of drug-likeness (QED) is 0.116. The van der Waals surface area contributed by atoms with Crippen LogP contribution in [0.1, 0.15) is 111 Å². The van der Waals surface area contributed by atoms with Crippen molar-refractivity contribution in [2.45, 2.75) is 112 Å². The monoisotopic (exact) mass is 620 g/mol. The van der Waals surface area contributed by atoms with Gasteiger partial charge in [0.1, 0.15) is 6.10 Å². The van der Waals surface area contributed by atoms with Crippen LogP contribution in [0.2, 0.25) is 0 Å². The maximum Gasteiger partial charge on any atom is 0.331 e. The number of fused-ring (bicyclic) bond motifs is 7. The molecule has 4 fully saturated rings. The van der Waals surface area contributed by atoms with Crippen molar-refractivity contribution in [3.8, 4) is 11.5 Å². The van der Waals surface area contributed by atoms with Crippen molar-refractivity contribution in [1.29, 1.82) is 0 Å². The largest absolute Gasteiger partial charge is 0.504 e. The summed E-state index contributed by atoms with van der Waals surface area (Å²) in [5, 5.41) is 41.2. The molecule has 9 unspecified atom stereocenters. The average molecular weight is 621 g/mol. The molecule has 5 aliphatic carbocycles. The van der Waals surface area contributed by atoms with Crippen molar-refractivity contribution in [3.05, 3.63) is 41.5 Å². The second-order valence-corrected chi connectivity index (χ2v) is 17.4. The van der Waals surface area contributed by atoms with Crippen molar-refractivity contribution in [3.63, 3.8) is 0 Å². The Hall–Kier alpha value is -2.31. The van der Waals surface area contributed by atoms with Crippen molar-refractivity contribution < 1.29 is 30.0 Å². The number of hydrogen-bond donors (Lipinski definition) is 4. The Morgan fingerprint density at radius 3 is 2.31 bits per heavy atom. The molecule has 0 amide bonds. The van der Waals surface area contributed by atoms with Crippen molar-refractivity contribution >= 4 is 12.0 Å². The highest BCUT2D eigenvalue weighted by Crippen LogP contribution is 2.75. The molecule has 0 spiro atoms. The van der Waals surface area contributed by atoms with Crippen LogP contribution in [-0.4, -0.2) is 45.7 Å². The zero-order valence-corrected chi connectivity index (χ0v) is 28.4. The van der Waals surface area contributed by atoms with Gasteiger partial charge in [0.25, 0.3) is 0 Å². The second-order valence-electron chi connectivity index (χ2n) is 17.4. The predicted octanol–water partition coefficient (Wildman–Crippen LogP) is 7.79. The third kappa shape index (κ3) is 4.82. The van der Waals surface area contributed by atoms with Gasteiger partial charge in [0.15, 0.2) is 11.5 Å². The molecule has 6 nitrogen and oxygen atoms in total. The number of benzene rings is 1. The molecule has 0 saturated heterocycles. The van der Waals surface area contributed by atoms with Crippen LogP contribution in [0.3, 0.4) is 0 Å². The summed E-state index contributed by atoms with van der Waals surface area (Å²) >= 11 is 0. The van der Waals surface area contributed by atoms with E-state index in [0.717, 1.165) is 51.4 Å². The number of aliphatic hydroxyl groups excluding tert-OH is 2. The lowest BCUT2D eigenvalue weighted by molar-refractivity contribution is -0.223. The summed E-state index contributed by atoms with van der Waals surface area (Å²) in [5.41, 5.74) is 2.22. The van der Waals surface area contributed by atoms with Crippen LogP contribution >= 0.6 is 0 Å². The molecule has 45 heavy (non-hydrogen) atoms. The lowest BCUT2D eigenvalue weighted by atomic mass is 9.33. The molecule has 0 aliphatic heterocycles. The van der Waals surface area contributed by atoms with Gasteiger partial charge in [-0.05, 0) is 127 Å². The van der Waals surface area contributed by atoms with Gasteiger partial charge < -0.3 is 25.2 Å². The number of esters is 1. The summed E-state index contributed by atoms with van der Waals surface area (Å²) in [4.78, 5) is 13.0. The molecule has 248 valence electrons. The van der Waals surface area contributed by atoms with Crippen LogP contribution in [0, 0.1) is 50.2 Å². The van der Waals surface area contributed by atoms with E-state index in [1.54, 1.807) is 17.7 Å². The van der Waals surface area contributed by atoms with Crippen LogP contribution in [0.15, 0.2) is 35.9 Å². The van der Waals surface area contributed by atoms with Gasteiger partial charge >= 0.3 is 5.97 Å². The molecule has 4 saturated carbocycles. The normalized spacial score (nSPS) is 43.8. The Morgan fingerprint density at radius 1 is 0.889 bits per heavy atom. The van der Waals surface area contributed by atoms with Crippen LogP contribution in [0.5, 0.6) is 11.5 Å². The lowest BCUT2D eigenvalue weighted by Gasteiger charge is -2.71. The number of ether oxygens (including phenoxy) is 1. The van der Waals surface area contributed by atoms with Gasteiger partial charge in [0, 0.05) is 23.5 Å². The first-order chi connectivity index (χ1) is 21.1. The number of carbonyl (C=O) groups is 1. The van der Waals surface area contributed by atoms with Gasteiger partial charge in [-0.15, -0.1) is 0 Å². The highest BCUT2D eigenvalue weighted by atomic mass is 16.5. The van der Waals surface area contributed by atoms with E-state index in [9.17, 15) is 25.2 Å². The van der Waals surface area contributed by atoms with E-state index in [4.69, 9.17) is 4.74 Å². The minimum atomic E-state index is -0.550. The number of allylic oxidation sites excluding steroid dienone is 2. The highest BCUT2D eigenvalue weighted by Gasteiger charge is 2.69. The van der Waals surface area contributed by atoms with Crippen molar-refractivity contribution in [2.75, 3.05) is 13.2 Å². The van der Waals surface area contributed by atoms with Crippen LogP contribution < -0.4 is 0 Å². The Labute approximate surface area is 270 Å². The topological polar surface area (TPSA) is 107 Å². The number of aliphatic hydroxyl groups is 2. The zero-order chi connectivity index (χ0) is 32.6. The van der Waals surface area contributed by atoms with E-state index in [1.165, 1.54) is 24.6 Å². The molecule has 4 N–H and O–H groups in total. The summed E-state index contributed by atoms with van der Waals surface area (Å²) in [6.45, 7) is 14.8. The highest BCUT2D eigenvalue weighted by molar-refractivity contribution is 5.87. The third-order valence-electron chi connectivity index (χ3n) is 14.9. The fraction of sp³-hybridized carbons (Fsp3) is 0.718.